The largest absolute Gasteiger partial charge is 0.396 e. The van der Waals surface area contributed by atoms with Crippen LogP contribution in [0.5, 0.6) is 0 Å². The molecule has 0 saturated heterocycles. The molecule has 2 aromatic rings. The Balaban J connectivity index is 2.07. The number of anilines is 1. The number of benzene rings is 2. The minimum atomic E-state index is -1.14. The number of imide groups is 1. The number of carbonyl (C=O) groups excluding carboxylic acids is 2. The summed E-state index contributed by atoms with van der Waals surface area (Å²) in [6.45, 7) is 1.73. The summed E-state index contributed by atoms with van der Waals surface area (Å²) < 4.78 is 26.8. The number of hydrogen-bond acceptors (Lipinski definition) is 4. The zero-order valence-corrected chi connectivity index (χ0v) is 14.6. The number of nitrogens with zero attached hydrogens (tertiary/aromatic N) is 1. The maximum atomic E-state index is 13.6. The molecule has 1 aliphatic heterocycles. The van der Waals surface area contributed by atoms with E-state index < -0.39 is 23.4 Å². The number of carbonyl (C=O) groups is 2. The van der Waals surface area contributed by atoms with Crippen LogP contribution in [0.2, 0.25) is 0 Å². The van der Waals surface area contributed by atoms with Gasteiger partial charge in [-0.05, 0) is 24.6 Å². The molecule has 3 rings (SSSR count). The number of aliphatic hydroxyl groups excluding tert-OH is 1. The third-order valence-corrected chi connectivity index (χ3v) is 4.93. The smallest absolute Gasteiger partial charge is 0.272 e. The molecular weight excluding hydrogens is 360 g/mol. The Bertz CT molecular complexity index is 910. The second kappa shape index (κ2) is 7.39. The minimum absolute atomic E-state index is 0.0388. The van der Waals surface area contributed by atoms with Gasteiger partial charge < -0.3 is 5.11 Å². The number of amides is 2. The van der Waals surface area contributed by atoms with E-state index in [1.807, 2.05) is 19.1 Å². The maximum absolute atomic E-state index is 13.6. The van der Waals surface area contributed by atoms with Gasteiger partial charge in [0.2, 0.25) is 0 Å². The standard InChI is InChI=1S/C19H15F2NO3S/c1-11-2-4-12(5-3-11)16-17(26-9-8-23)19(25)22(18(16)24)13-6-7-14(20)15(21)10-13/h2-7,10,23H,8-9H2,1H3. The number of hydrogen-bond donors (Lipinski definition) is 1. The average molecular weight is 375 g/mol. The van der Waals surface area contributed by atoms with E-state index in [0.29, 0.717) is 5.56 Å². The molecule has 7 heteroatoms. The van der Waals surface area contributed by atoms with E-state index in [1.165, 1.54) is 6.07 Å². The Hall–Kier alpha value is -2.51. The second-order valence-electron chi connectivity index (χ2n) is 5.69. The van der Waals surface area contributed by atoms with Crippen LogP contribution in [-0.4, -0.2) is 29.3 Å². The van der Waals surface area contributed by atoms with Gasteiger partial charge in [-0.3, -0.25) is 9.59 Å². The quantitative estimate of drug-likeness (QED) is 0.815. The molecule has 2 amide bonds. The molecule has 0 radical (unpaired) electrons. The lowest BCUT2D eigenvalue weighted by molar-refractivity contribution is -0.119. The first-order chi connectivity index (χ1) is 12.4. The van der Waals surface area contributed by atoms with Crippen LogP contribution in [0.4, 0.5) is 14.5 Å². The van der Waals surface area contributed by atoms with E-state index in [9.17, 15) is 18.4 Å². The topological polar surface area (TPSA) is 57.6 Å². The van der Waals surface area contributed by atoms with Gasteiger partial charge in [-0.1, -0.05) is 29.8 Å². The number of halogens is 2. The van der Waals surface area contributed by atoms with Crippen molar-refractivity contribution in [2.75, 3.05) is 17.3 Å². The SMILES string of the molecule is Cc1ccc(C2=C(SCCO)C(=O)N(c3ccc(F)c(F)c3)C2=O)cc1. The van der Waals surface area contributed by atoms with Crippen LogP contribution in [0.3, 0.4) is 0 Å². The van der Waals surface area contributed by atoms with Gasteiger partial charge in [-0.15, -0.1) is 11.8 Å². The molecule has 26 heavy (non-hydrogen) atoms. The predicted molar refractivity (Wildman–Crippen MR) is 96.5 cm³/mol. The average Bonchev–Trinajstić information content (AvgIpc) is 2.86. The predicted octanol–water partition coefficient (Wildman–Crippen LogP) is 3.28. The van der Waals surface area contributed by atoms with Crippen LogP contribution in [-0.2, 0) is 9.59 Å². The molecule has 0 aromatic heterocycles. The summed E-state index contributed by atoms with van der Waals surface area (Å²) in [5.41, 5.74) is 1.70. The van der Waals surface area contributed by atoms with Gasteiger partial charge in [0.25, 0.3) is 11.8 Å². The monoisotopic (exact) mass is 375 g/mol. The highest BCUT2D eigenvalue weighted by atomic mass is 32.2. The molecule has 0 aliphatic carbocycles. The van der Waals surface area contributed by atoms with Gasteiger partial charge in [0.15, 0.2) is 11.6 Å². The van der Waals surface area contributed by atoms with Crippen molar-refractivity contribution >= 4 is 34.8 Å². The lowest BCUT2D eigenvalue weighted by atomic mass is 10.0. The minimum Gasteiger partial charge on any atom is -0.396 e. The van der Waals surface area contributed by atoms with Gasteiger partial charge in [0, 0.05) is 11.8 Å². The van der Waals surface area contributed by atoms with Crippen molar-refractivity contribution in [3.05, 3.63) is 70.1 Å². The van der Waals surface area contributed by atoms with Gasteiger partial charge in [-0.2, -0.15) is 0 Å². The summed E-state index contributed by atoms with van der Waals surface area (Å²) in [4.78, 5) is 26.7. The molecular formula is C19H15F2NO3S. The number of aryl methyl sites for hydroxylation is 1. The second-order valence-corrected chi connectivity index (χ2v) is 6.79. The molecule has 0 atom stereocenters. The summed E-state index contributed by atoms with van der Waals surface area (Å²) in [6, 6.07) is 9.95. The first-order valence-corrected chi connectivity index (χ1v) is 8.81. The van der Waals surface area contributed by atoms with Crippen molar-refractivity contribution in [1.82, 2.24) is 0 Å². The first kappa shape index (κ1) is 18.3. The summed E-state index contributed by atoms with van der Waals surface area (Å²) in [5.74, 6) is -3.19. The van der Waals surface area contributed by atoms with Crippen LogP contribution < -0.4 is 4.90 Å². The fourth-order valence-corrected chi connectivity index (χ4v) is 3.48. The highest BCUT2D eigenvalue weighted by Gasteiger charge is 2.40. The normalized spacial score (nSPS) is 14.5. The number of aliphatic hydroxyl groups is 1. The van der Waals surface area contributed by atoms with Gasteiger partial charge >= 0.3 is 0 Å². The molecule has 1 heterocycles. The van der Waals surface area contributed by atoms with Crippen LogP contribution in [0.25, 0.3) is 5.57 Å². The Labute approximate surface area is 153 Å². The van der Waals surface area contributed by atoms with E-state index >= 15 is 0 Å². The molecule has 0 unspecified atom stereocenters. The molecule has 0 saturated carbocycles. The third kappa shape index (κ3) is 3.27. The molecule has 134 valence electrons. The molecule has 1 N–H and O–H groups in total. The molecule has 0 bridgehead atoms. The molecule has 1 aliphatic rings. The molecule has 2 aromatic carbocycles. The van der Waals surface area contributed by atoms with Crippen molar-refractivity contribution in [1.29, 1.82) is 0 Å². The molecule has 4 nitrogen and oxygen atoms in total. The molecule has 0 fully saturated rings. The highest BCUT2D eigenvalue weighted by Crippen LogP contribution is 2.38. The lowest BCUT2D eigenvalue weighted by Crippen LogP contribution is -2.31. The van der Waals surface area contributed by atoms with E-state index in [1.54, 1.807) is 12.1 Å². The van der Waals surface area contributed by atoms with Gasteiger partial charge in [0.1, 0.15) is 0 Å². The fourth-order valence-electron chi connectivity index (χ4n) is 2.62. The van der Waals surface area contributed by atoms with Crippen LogP contribution in [0.15, 0.2) is 47.4 Å². The summed E-state index contributed by atoms with van der Waals surface area (Å²) >= 11 is 1.06. The fraction of sp³-hybridized carbons (Fsp3) is 0.158. The highest BCUT2D eigenvalue weighted by molar-refractivity contribution is 8.04. The Morgan fingerprint density at radius 2 is 1.69 bits per heavy atom. The third-order valence-electron chi connectivity index (χ3n) is 3.88. The Kier molecular flexibility index (Phi) is 5.20. The van der Waals surface area contributed by atoms with E-state index in [0.717, 1.165) is 34.4 Å². The number of thioether (sulfide) groups is 1. The van der Waals surface area contributed by atoms with Crippen molar-refractivity contribution in [3.63, 3.8) is 0 Å². The van der Waals surface area contributed by atoms with E-state index in [2.05, 4.69) is 0 Å². The lowest BCUT2D eigenvalue weighted by Gasteiger charge is -2.15. The maximum Gasteiger partial charge on any atom is 0.272 e. The molecule has 0 spiro atoms. The van der Waals surface area contributed by atoms with Crippen LogP contribution in [0, 0.1) is 18.6 Å². The summed E-state index contributed by atoms with van der Waals surface area (Å²) in [5, 5.41) is 9.08. The van der Waals surface area contributed by atoms with Crippen LogP contribution >= 0.6 is 11.8 Å². The number of rotatable bonds is 5. The van der Waals surface area contributed by atoms with Gasteiger partial charge in [-0.25, -0.2) is 13.7 Å². The summed E-state index contributed by atoms with van der Waals surface area (Å²) in [7, 11) is 0. The van der Waals surface area contributed by atoms with E-state index in [-0.39, 0.29) is 28.5 Å². The Morgan fingerprint density at radius 1 is 1.00 bits per heavy atom. The first-order valence-electron chi connectivity index (χ1n) is 7.83. The van der Waals surface area contributed by atoms with Crippen molar-refractivity contribution in [2.24, 2.45) is 0 Å². The van der Waals surface area contributed by atoms with E-state index in [4.69, 9.17) is 5.11 Å². The van der Waals surface area contributed by atoms with Crippen molar-refractivity contribution < 1.29 is 23.5 Å². The zero-order valence-electron chi connectivity index (χ0n) is 13.8. The van der Waals surface area contributed by atoms with Crippen molar-refractivity contribution in [2.45, 2.75) is 6.92 Å². The van der Waals surface area contributed by atoms with Crippen molar-refractivity contribution in [3.8, 4) is 0 Å². The van der Waals surface area contributed by atoms with Crippen LogP contribution in [0.1, 0.15) is 11.1 Å². The summed E-state index contributed by atoms with van der Waals surface area (Å²) in [6.07, 6.45) is 0. The zero-order chi connectivity index (χ0) is 18.8. The Morgan fingerprint density at radius 3 is 2.31 bits per heavy atom. The van der Waals surface area contributed by atoms with Gasteiger partial charge in [0.05, 0.1) is 22.8 Å².